The minimum Gasteiger partial charge on any atom is -0.478 e. The SMILES string of the molecule is Cc1oc(CNC(=O)CS(=O)(=O)CCCc2ccccc2)cc1C(=O)O. The molecule has 2 N–H and O–H groups in total. The second-order valence-corrected chi connectivity index (χ2v) is 8.13. The summed E-state index contributed by atoms with van der Waals surface area (Å²) < 4.78 is 29.3. The smallest absolute Gasteiger partial charge is 0.339 e. The third-order valence-electron chi connectivity index (χ3n) is 3.77. The Balaban J connectivity index is 1.78. The largest absolute Gasteiger partial charge is 0.478 e. The maximum absolute atomic E-state index is 12.0. The van der Waals surface area contributed by atoms with Gasteiger partial charge in [0.25, 0.3) is 0 Å². The Morgan fingerprint density at radius 2 is 1.88 bits per heavy atom. The number of hydrogen-bond acceptors (Lipinski definition) is 5. The van der Waals surface area contributed by atoms with E-state index in [1.165, 1.54) is 13.0 Å². The van der Waals surface area contributed by atoms with E-state index >= 15 is 0 Å². The maximum atomic E-state index is 12.0. The van der Waals surface area contributed by atoms with E-state index in [0.29, 0.717) is 12.8 Å². The van der Waals surface area contributed by atoms with Crippen LogP contribution in [0.25, 0.3) is 0 Å². The van der Waals surface area contributed by atoms with Crippen LogP contribution in [0.5, 0.6) is 0 Å². The molecule has 0 aliphatic heterocycles. The van der Waals surface area contributed by atoms with Gasteiger partial charge < -0.3 is 14.8 Å². The number of aryl methyl sites for hydroxylation is 2. The van der Waals surface area contributed by atoms with Crippen molar-refractivity contribution in [2.24, 2.45) is 0 Å². The molecule has 0 atom stereocenters. The Kier molecular flexibility index (Phi) is 6.57. The summed E-state index contributed by atoms with van der Waals surface area (Å²) in [6.45, 7) is 1.44. The number of carbonyl (C=O) groups is 2. The van der Waals surface area contributed by atoms with E-state index < -0.39 is 27.5 Å². The van der Waals surface area contributed by atoms with E-state index in [1.807, 2.05) is 30.3 Å². The molecule has 0 bridgehead atoms. The second-order valence-electron chi connectivity index (χ2n) is 5.95. The molecule has 0 aliphatic rings. The number of carboxylic acid groups (broad SMARTS) is 1. The molecule has 140 valence electrons. The second kappa shape index (κ2) is 8.66. The van der Waals surface area contributed by atoms with Crippen molar-refractivity contribution in [1.29, 1.82) is 0 Å². The van der Waals surface area contributed by atoms with Crippen molar-refractivity contribution in [3.8, 4) is 0 Å². The highest BCUT2D eigenvalue weighted by Crippen LogP contribution is 2.14. The number of amides is 1. The highest BCUT2D eigenvalue weighted by Gasteiger charge is 2.18. The van der Waals surface area contributed by atoms with Gasteiger partial charge in [-0.05, 0) is 31.4 Å². The predicted molar refractivity (Wildman–Crippen MR) is 95.7 cm³/mol. The first-order chi connectivity index (χ1) is 12.3. The molecule has 2 aromatic rings. The summed E-state index contributed by atoms with van der Waals surface area (Å²) in [6.07, 6.45) is 1.07. The first-order valence-corrected chi connectivity index (χ1v) is 9.92. The van der Waals surface area contributed by atoms with Crippen LogP contribution in [0, 0.1) is 6.92 Å². The molecule has 7 nitrogen and oxygen atoms in total. The Hall–Kier alpha value is -2.61. The Bertz CT molecular complexity index is 870. The highest BCUT2D eigenvalue weighted by molar-refractivity contribution is 7.92. The molecule has 0 radical (unpaired) electrons. The van der Waals surface area contributed by atoms with Crippen molar-refractivity contribution in [1.82, 2.24) is 5.32 Å². The lowest BCUT2D eigenvalue weighted by atomic mass is 10.1. The van der Waals surface area contributed by atoms with Crippen LogP contribution < -0.4 is 5.32 Å². The summed E-state index contributed by atoms with van der Waals surface area (Å²) in [6, 6.07) is 10.8. The van der Waals surface area contributed by atoms with Gasteiger partial charge in [-0.25, -0.2) is 13.2 Å². The van der Waals surface area contributed by atoms with Crippen molar-refractivity contribution in [2.75, 3.05) is 11.5 Å². The lowest BCUT2D eigenvalue weighted by Crippen LogP contribution is -2.30. The van der Waals surface area contributed by atoms with Crippen LogP contribution in [0.3, 0.4) is 0 Å². The quantitative estimate of drug-likeness (QED) is 0.688. The number of carbonyl (C=O) groups excluding carboxylic acids is 1. The van der Waals surface area contributed by atoms with Gasteiger partial charge in [0.15, 0.2) is 9.84 Å². The number of aromatic carboxylic acids is 1. The van der Waals surface area contributed by atoms with Gasteiger partial charge >= 0.3 is 5.97 Å². The molecule has 1 aromatic heterocycles. The van der Waals surface area contributed by atoms with Crippen LogP contribution in [0.1, 0.15) is 33.9 Å². The Morgan fingerprint density at radius 1 is 1.19 bits per heavy atom. The molecule has 0 fully saturated rings. The fraction of sp³-hybridized carbons (Fsp3) is 0.333. The molecule has 0 spiro atoms. The minimum absolute atomic E-state index is 0.0165. The highest BCUT2D eigenvalue weighted by atomic mass is 32.2. The molecule has 26 heavy (non-hydrogen) atoms. The van der Waals surface area contributed by atoms with Gasteiger partial charge in [-0.2, -0.15) is 0 Å². The van der Waals surface area contributed by atoms with Gasteiger partial charge in [0, 0.05) is 0 Å². The average Bonchev–Trinajstić information content (AvgIpc) is 2.94. The first-order valence-electron chi connectivity index (χ1n) is 8.10. The standard InChI is InChI=1S/C18H21NO6S/c1-13-16(18(21)22)10-15(25-13)11-19-17(20)12-26(23,24)9-5-8-14-6-3-2-4-7-14/h2-4,6-7,10H,5,8-9,11-12H2,1H3,(H,19,20)(H,21,22). The van der Waals surface area contributed by atoms with E-state index in [2.05, 4.69) is 5.32 Å². The summed E-state index contributed by atoms with van der Waals surface area (Å²) >= 11 is 0. The van der Waals surface area contributed by atoms with Crippen molar-refractivity contribution in [3.63, 3.8) is 0 Å². The van der Waals surface area contributed by atoms with Crippen LogP contribution in [0.2, 0.25) is 0 Å². The molecule has 8 heteroatoms. The van der Waals surface area contributed by atoms with Gasteiger partial charge in [0.2, 0.25) is 5.91 Å². The zero-order chi connectivity index (χ0) is 19.2. The summed E-state index contributed by atoms with van der Waals surface area (Å²) in [5, 5.41) is 11.4. The topological polar surface area (TPSA) is 114 Å². The van der Waals surface area contributed by atoms with E-state index in [0.717, 1.165) is 5.56 Å². The van der Waals surface area contributed by atoms with Gasteiger partial charge in [-0.3, -0.25) is 4.79 Å². The maximum Gasteiger partial charge on any atom is 0.339 e. The van der Waals surface area contributed by atoms with Crippen LogP contribution in [-0.2, 0) is 27.6 Å². The fourth-order valence-electron chi connectivity index (χ4n) is 2.49. The zero-order valence-electron chi connectivity index (χ0n) is 14.4. The first kappa shape index (κ1) is 19.7. The monoisotopic (exact) mass is 379 g/mol. The van der Waals surface area contributed by atoms with Crippen LogP contribution in [-0.4, -0.2) is 36.9 Å². The third-order valence-corrected chi connectivity index (χ3v) is 5.39. The van der Waals surface area contributed by atoms with Crippen LogP contribution in [0.4, 0.5) is 0 Å². The number of nitrogens with one attached hydrogen (secondary N) is 1. The normalized spacial score (nSPS) is 11.3. The minimum atomic E-state index is -3.51. The van der Waals surface area contributed by atoms with E-state index in [4.69, 9.17) is 9.52 Å². The molecule has 0 saturated carbocycles. The summed E-state index contributed by atoms with van der Waals surface area (Å²) in [5.41, 5.74) is 1.07. The van der Waals surface area contributed by atoms with Crippen molar-refractivity contribution in [3.05, 3.63) is 59.0 Å². The lowest BCUT2D eigenvalue weighted by molar-refractivity contribution is -0.118. The van der Waals surface area contributed by atoms with Gasteiger partial charge in [0.05, 0.1) is 12.3 Å². The number of benzene rings is 1. The zero-order valence-corrected chi connectivity index (χ0v) is 15.2. The van der Waals surface area contributed by atoms with Crippen LogP contribution in [0.15, 0.2) is 40.8 Å². The van der Waals surface area contributed by atoms with E-state index in [9.17, 15) is 18.0 Å². The predicted octanol–water partition coefficient (Wildman–Crippen LogP) is 1.95. The van der Waals surface area contributed by atoms with Gasteiger partial charge in [0.1, 0.15) is 22.8 Å². The molecule has 2 rings (SSSR count). The summed E-state index contributed by atoms with van der Waals surface area (Å²) in [5.74, 6) is -1.95. The molecular weight excluding hydrogens is 358 g/mol. The van der Waals surface area contributed by atoms with Gasteiger partial charge in [-0.15, -0.1) is 0 Å². The number of carboxylic acids is 1. The summed E-state index contributed by atoms with van der Waals surface area (Å²) in [7, 11) is -3.51. The number of furan rings is 1. The molecule has 1 heterocycles. The van der Waals surface area contributed by atoms with Gasteiger partial charge in [-0.1, -0.05) is 30.3 Å². The number of sulfone groups is 1. The summed E-state index contributed by atoms with van der Waals surface area (Å²) in [4.78, 5) is 22.8. The van der Waals surface area contributed by atoms with E-state index in [1.54, 1.807) is 0 Å². The van der Waals surface area contributed by atoms with Crippen molar-refractivity contribution in [2.45, 2.75) is 26.3 Å². The molecule has 1 aromatic carbocycles. The fourth-order valence-corrected chi connectivity index (χ4v) is 3.72. The molecule has 0 aliphatic carbocycles. The molecule has 0 saturated heterocycles. The van der Waals surface area contributed by atoms with Crippen molar-refractivity contribution < 1.29 is 27.5 Å². The third kappa shape index (κ3) is 6.03. The van der Waals surface area contributed by atoms with Crippen LogP contribution >= 0.6 is 0 Å². The average molecular weight is 379 g/mol. The molecule has 0 unspecified atom stereocenters. The Labute approximate surface area is 151 Å². The Morgan fingerprint density at radius 3 is 2.50 bits per heavy atom. The number of rotatable bonds is 9. The number of hydrogen-bond donors (Lipinski definition) is 2. The molecular formula is C18H21NO6S. The van der Waals surface area contributed by atoms with E-state index in [-0.39, 0.29) is 29.4 Å². The lowest BCUT2D eigenvalue weighted by Gasteiger charge is -2.06. The van der Waals surface area contributed by atoms with Crippen molar-refractivity contribution >= 4 is 21.7 Å². The molecule has 1 amide bonds.